The highest BCUT2D eigenvalue weighted by Gasteiger charge is 2.41. The molecule has 2 aromatic rings. The lowest BCUT2D eigenvalue weighted by Gasteiger charge is -2.26. The summed E-state index contributed by atoms with van der Waals surface area (Å²) in [6.07, 6.45) is 0. The maximum atomic E-state index is 11.5. The molecular weight excluding hydrogens is 278 g/mol. The zero-order chi connectivity index (χ0) is 14.0. The molecule has 0 aliphatic carbocycles. The molecule has 0 spiro atoms. The second kappa shape index (κ2) is 5.28. The van der Waals surface area contributed by atoms with E-state index in [1.165, 1.54) is 17.8 Å². The summed E-state index contributed by atoms with van der Waals surface area (Å²) in [5.74, 6) is 0.164. The number of aromatic amines is 1. The SMILES string of the molecule is Nc1cc(=O)[nH]c(SC2(c3ccccc3)OCCO2)n1. The average molecular weight is 291 g/mol. The van der Waals surface area contributed by atoms with Crippen LogP contribution in [-0.4, -0.2) is 23.2 Å². The molecule has 1 aromatic carbocycles. The number of aromatic nitrogens is 2. The monoisotopic (exact) mass is 291 g/mol. The van der Waals surface area contributed by atoms with E-state index in [0.29, 0.717) is 18.4 Å². The van der Waals surface area contributed by atoms with Crippen molar-refractivity contribution >= 4 is 17.6 Å². The van der Waals surface area contributed by atoms with Crippen LogP contribution >= 0.6 is 11.8 Å². The fourth-order valence-electron chi connectivity index (χ4n) is 1.95. The van der Waals surface area contributed by atoms with E-state index < -0.39 is 5.12 Å². The third-order valence-corrected chi connectivity index (χ3v) is 3.89. The van der Waals surface area contributed by atoms with Gasteiger partial charge in [0.15, 0.2) is 5.16 Å². The first kappa shape index (κ1) is 13.2. The lowest BCUT2D eigenvalue weighted by Crippen LogP contribution is -2.24. The van der Waals surface area contributed by atoms with Crippen molar-refractivity contribution in [3.8, 4) is 0 Å². The van der Waals surface area contributed by atoms with Gasteiger partial charge in [0.25, 0.3) is 10.7 Å². The minimum absolute atomic E-state index is 0.164. The molecule has 1 aliphatic heterocycles. The first-order chi connectivity index (χ1) is 9.68. The van der Waals surface area contributed by atoms with Crippen molar-refractivity contribution in [3.05, 3.63) is 52.3 Å². The number of thioether (sulfide) groups is 1. The Morgan fingerprint density at radius 2 is 1.95 bits per heavy atom. The van der Waals surface area contributed by atoms with E-state index in [1.54, 1.807) is 0 Å². The average Bonchev–Trinajstić information content (AvgIpc) is 2.88. The summed E-state index contributed by atoms with van der Waals surface area (Å²) in [5.41, 5.74) is 6.14. The Kier molecular flexibility index (Phi) is 3.47. The molecule has 3 rings (SSSR count). The van der Waals surface area contributed by atoms with Crippen molar-refractivity contribution < 1.29 is 9.47 Å². The van der Waals surface area contributed by atoms with Crippen molar-refractivity contribution in [2.24, 2.45) is 0 Å². The number of hydrogen-bond donors (Lipinski definition) is 2. The summed E-state index contributed by atoms with van der Waals surface area (Å²) >= 11 is 1.19. The van der Waals surface area contributed by atoms with Crippen LogP contribution in [0, 0.1) is 0 Å². The van der Waals surface area contributed by atoms with Crippen LogP contribution in [0.1, 0.15) is 5.56 Å². The molecule has 0 amide bonds. The third kappa shape index (κ3) is 2.55. The minimum atomic E-state index is -0.995. The quantitative estimate of drug-likeness (QED) is 0.828. The topological polar surface area (TPSA) is 90.2 Å². The number of nitrogens with zero attached hydrogens (tertiary/aromatic N) is 1. The van der Waals surface area contributed by atoms with Gasteiger partial charge in [0.05, 0.1) is 13.2 Å². The number of benzene rings is 1. The number of nitrogens with one attached hydrogen (secondary N) is 1. The van der Waals surface area contributed by atoms with Crippen LogP contribution < -0.4 is 11.3 Å². The van der Waals surface area contributed by atoms with Gasteiger partial charge >= 0.3 is 0 Å². The van der Waals surface area contributed by atoms with E-state index >= 15 is 0 Å². The Hall–Kier alpha value is -1.83. The Labute approximate surface area is 119 Å². The predicted octanol–water partition coefficient (Wildman–Crippen LogP) is 1.30. The third-order valence-electron chi connectivity index (χ3n) is 2.77. The Morgan fingerprint density at radius 3 is 2.60 bits per heavy atom. The van der Waals surface area contributed by atoms with Crippen LogP contribution in [0.5, 0.6) is 0 Å². The smallest absolute Gasteiger partial charge is 0.253 e. The molecule has 20 heavy (non-hydrogen) atoms. The van der Waals surface area contributed by atoms with E-state index in [0.717, 1.165) is 5.56 Å². The zero-order valence-corrected chi connectivity index (χ0v) is 11.4. The summed E-state index contributed by atoms with van der Waals surface area (Å²) in [4.78, 5) is 18.2. The molecule has 1 aliphatic rings. The Balaban J connectivity index is 1.98. The minimum Gasteiger partial charge on any atom is -0.383 e. The summed E-state index contributed by atoms with van der Waals surface area (Å²) in [6.45, 7) is 0.961. The van der Waals surface area contributed by atoms with E-state index in [2.05, 4.69) is 9.97 Å². The van der Waals surface area contributed by atoms with Crippen LogP contribution in [-0.2, 0) is 14.6 Å². The molecule has 0 atom stereocenters. The molecule has 1 aromatic heterocycles. The molecular formula is C13H13N3O3S. The number of ether oxygens (including phenoxy) is 2. The molecule has 2 heterocycles. The fraction of sp³-hybridized carbons (Fsp3) is 0.231. The number of hydrogen-bond acceptors (Lipinski definition) is 6. The van der Waals surface area contributed by atoms with Gasteiger partial charge in [-0.3, -0.25) is 4.79 Å². The van der Waals surface area contributed by atoms with Crippen LogP contribution in [0.4, 0.5) is 5.82 Å². The maximum Gasteiger partial charge on any atom is 0.253 e. The first-order valence-electron chi connectivity index (χ1n) is 6.07. The highest BCUT2D eigenvalue weighted by Crippen LogP contribution is 2.44. The van der Waals surface area contributed by atoms with Crippen molar-refractivity contribution in [3.63, 3.8) is 0 Å². The molecule has 6 nitrogen and oxygen atoms in total. The highest BCUT2D eigenvalue weighted by atomic mass is 32.2. The van der Waals surface area contributed by atoms with Gasteiger partial charge in [0.1, 0.15) is 5.82 Å². The number of anilines is 1. The van der Waals surface area contributed by atoms with Gasteiger partial charge < -0.3 is 20.2 Å². The normalized spacial score (nSPS) is 17.2. The first-order valence-corrected chi connectivity index (χ1v) is 6.89. The number of nitrogen functional groups attached to an aromatic ring is 1. The number of H-pyrrole nitrogens is 1. The van der Waals surface area contributed by atoms with E-state index in [4.69, 9.17) is 15.2 Å². The van der Waals surface area contributed by atoms with Crippen molar-refractivity contribution in [2.75, 3.05) is 18.9 Å². The maximum absolute atomic E-state index is 11.5. The van der Waals surface area contributed by atoms with Crippen LogP contribution in [0.25, 0.3) is 0 Å². The standard InChI is InChI=1S/C13H13N3O3S/c14-10-8-11(17)16-12(15-10)20-13(18-6-7-19-13)9-4-2-1-3-5-9/h1-5,8H,6-7H2,(H3,14,15,16,17). The lowest BCUT2D eigenvalue weighted by molar-refractivity contribution is -0.0817. The number of rotatable bonds is 3. The Morgan fingerprint density at radius 1 is 1.25 bits per heavy atom. The van der Waals surface area contributed by atoms with Gasteiger partial charge in [0, 0.05) is 11.6 Å². The van der Waals surface area contributed by atoms with Crippen LogP contribution in [0.2, 0.25) is 0 Å². The van der Waals surface area contributed by atoms with Crippen LogP contribution in [0.15, 0.2) is 46.3 Å². The summed E-state index contributed by atoms with van der Waals surface area (Å²) in [7, 11) is 0. The molecule has 0 unspecified atom stereocenters. The lowest BCUT2D eigenvalue weighted by atomic mass is 10.2. The molecule has 0 bridgehead atoms. The van der Waals surface area contributed by atoms with Gasteiger partial charge in [-0.15, -0.1) is 0 Å². The van der Waals surface area contributed by atoms with Crippen molar-refractivity contribution in [1.82, 2.24) is 9.97 Å². The second-order valence-corrected chi connectivity index (χ2v) is 5.32. The molecule has 0 saturated carbocycles. The Bertz CT molecular complexity index is 653. The molecule has 1 fully saturated rings. The van der Waals surface area contributed by atoms with Gasteiger partial charge in [0.2, 0.25) is 0 Å². The largest absolute Gasteiger partial charge is 0.383 e. The molecule has 7 heteroatoms. The predicted molar refractivity (Wildman–Crippen MR) is 75.2 cm³/mol. The zero-order valence-electron chi connectivity index (χ0n) is 10.5. The molecule has 0 radical (unpaired) electrons. The second-order valence-electron chi connectivity index (χ2n) is 4.20. The summed E-state index contributed by atoms with van der Waals surface area (Å²) < 4.78 is 11.5. The van der Waals surface area contributed by atoms with Gasteiger partial charge in [-0.05, 0) is 11.8 Å². The fourth-order valence-corrected chi connectivity index (χ4v) is 3.05. The molecule has 104 valence electrons. The molecule has 1 saturated heterocycles. The van der Waals surface area contributed by atoms with Gasteiger partial charge in [-0.25, -0.2) is 4.98 Å². The van der Waals surface area contributed by atoms with Crippen molar-refractivity contribution in [1.29, 1.82) is 0 Å². The summed E-state index contributed by atoms with van der Waals surface area (Å²) in [5, 5.41) is -0.633. The summed E-state index contributed by atoms with van der Waals surface area (Å²) in [6, 6.07) is 10.8. The number of nitrogens with two attached hydrogens (primary N) is 1. The van der Waals surface area contributed by atoms with E-state index in [1.807, 2.05) is 30.3 Å². The van der Waals surface area contributed by atoms with Gasteiger partial charge in [-0.2, -0.15) is 0 Å². The highest BCUT2D eigenvalue weighted by molar-refractivity contribution is 7.99. The van der Waals surface area contributed by atoms with E-state index in [-0.39, 0.29) is 11.4 Å². The van der Waals surface area contributed by atoms with E-state index in [9.17, 15) is 4.79 Å². The molecule has 3 N–H and O–H groups in total. The van der Waals surface area contributed by atoms with Crippen molar-refractivity contribution in [2.45, 2.75) is 10.3 Å². The van der Waals surface area contributed by atoms with Gasteiger partial charge in [-0.1, -0.05) is 30.3 Å². The van der Waals surface area contributed by atoms with Crippen LogP contribution in [0.3, 0.4) is 0 Å².